The standard InChI is InChI=1S/C14H24OSi/c1-3-5-8-12-9-7-11-14(16-15)13(12)10-6-4-2/h7,9,11,15H,3-6,8,10,16H2,1-2H3. The Bertz CT molecular complexity index is 310. The van der Waals surface area contributed by atoms with Crippen molar-refractivity contribution in [3.63, 3.8) is 0 Å². The van der Waals surface area contributed by atoms with Crippen molar-refractivity contribution in [1.29, 1.82) is 0 Å². The van der Waals surface area contributed by atoms with Gasteiger partial charge in [0.05, 0.1) is 0 Å². The molecule has 1 aromatic carbocycles. The Morgan fingerprint density at radius 1 is 1.06 bits per heavy atom. The van der Waals surface area contributed by atoms with Gasteiger partial charge in [0, 0.05) is 0 Å². The SMILES string of the molecule is CCCCc1cccc([SiH2]O)c1CCCC. The number of benzene rings is 1. The van der Waals surface area contributed by atoms with Crippen LogP contribution >= 0.6 is 0 Å². The van der Waals surface area contributed by atoms with Crippen molar-refractivity contribution in [2.24, 2.45) is 0 Å². The van der Waals surface area contributed by atoms with Crippen LogP contribution in [0.5, 0.6) is 0 Å². The lowest BCUT2D eigenvalue weighted by Crippen LogP contribution is -2.21. The van der Waals surface area contributed by atoms with E-state index < -0.39 is 9.76 Å². The molecule has 1 N–H and O–H groups in total. The van der Waals surface area contributed by atoms with Crippen molar-refractivity contribution in [2.45, 2.75) is 52.4 Å². The van der Waals surface area contributed by atoms with Gasteiger partial charge in [-0.05, 0) is 42.0 Å². The van der Waals surface area contributed by atoms with Gasteiger partial charge in [0.25, 0.3) is 0 Å². The molecule has 1 nitrogen and oxygen atoms in total. The Hall–Kier alpha value is -0.603. The highest BCUT2D eigenvalue weighted by Crippen LogP contribution is 2.13. The van der Waals surface area contributed by atoms with Crippen LogP contribution in [0.25, 0.3) is 0 Å². The molecular weight excluding hydrogens is 212 g/mol. The summed E-state index contributed by atoms with van der Waals surface area (Å²) < 4.78 is 0. The fourth-order valence-corrected chi connectivity index (χ4v) is 2.95. The van der Waals surface area contributed by atoms with Gasteiger partial charge in [-0.15, -0.1) is 0 Å². The van der Waals surface area contributed by atoms with Crippen LogP contribution in [-0.2, 0) is 12.8 Å². The summed E-state index contributed by atoms with van der Waals surface area (Å²) in [6.07, 6.45) is 7.31. The molecule has 1 aromatic rings. The molecule has 0 saturated carbocycles. The monoisotopic (exact) mass is 236 g/mol. The second-order valence-corrected chi connectivity index (χ2v) is 5.50. The summed E-state index contributed by atoms with van der Waals surface area (Å²) in [6, 6.07) is 6.47. The summed E-state index contributed by atoms with van der Waals surface area (Å²) in [7, 11) is -1.01. The Kier molecular flexibility index (Phi) is 6.42. The predicted molar refractivity (Wildman–Crippen MR) is 74.1 cm³/mol. The third-order valence-corrected chi connectivity index (χ3v) is 4.12. The third-order valence-electron chi connectivity index (χ3n) is 3.12. The van der Waals surface area contributed by atoms with E-state index in [9.17, 15) is 4.80 Å². The molecule has 0 amide bonds. The van der Waals surface area contributed by atoms with Gasteiger partial charge in [-0.1, -0.05) is 44.9 Å². The topological polar surface area (TPSA) is 20.2 Å². The fourth-order valence-electron chi connectivity index (χ4n) is 2.11. The van der Waals surface area contributed by atoms with E-state index in [1.165, 1.54) is 48.4 Å². The van der Waals surface area contributed by atoms with E-state index in [0.717, 1.165) is 6.42 Å². The highest BCUT2D eigenvalue weighted by Gasteiger charge is 2.07. The van der Waals surface area contributed by atoms with Crippen molar-refractivity contribution >= 4 is 14.9 Å². The molecule has 0 fully saturated rings. The second-order valence-electron chi connectivity index (χ2n) is 4.42. The first kappa shape index (κ1) is 13.5. The van der Waals surface area contributed by atoms with E-state index in [4.69, 9.17) is 0 Å². The molecule has 0 aliphatic rings. The Morgan fingerprint density at radius 3 is 2.38 bits per heavy atom. The molecule has 0 aromatic heterocycles. The van der Waals surface area contributed by atoms with Crippen LogP contribution in [-0.4, -0.2) is 14.6 Å². The van der Waals surface area contributed by atoms with E-state index in [-0.39, 0.29) is 0 Å². The zero-order valence-electron chi connectivity index (χ0n) is 10.6. The van der Waals surface area contributed by atoms with Gasteiger partial charge in [0.2, 0.25) is 0 Å². The van der Waals surface area contributed by atoms with Gasteiger partial charge in [0.1, 0.15) is 0 Å². The lowest BCUT2D eigenvalue weighted by molar-refractivity contribution is 0.614. The predicted octanol–water partition coefficient (Wildman–Crippen LogP) is 2.07. The van der Waals surface area contributed by atoms with Gasteiger partial charge < -0.3 is 4.80 Å². The minimum Gasteiger partial charge on any atom is -0.433 e. The van der Waals surface area contributed by atoms with Crippen molar-refractivity contribution in [3.05, 3.63) is 29.3 Å². The number of unbranched alkanes of at least 4 members (excludes halogenated alkanes) is 2. The molecule has 0 bridgehead atoms. The smallest absolute Gasteiger partial charge is 0.188 e. The molecule has 2 heteroatoms. The maximum Gasteiger partial charge on any atom is 0.188 e. The summed E-state index contributed by atoms with van der Waals surface area (Å²) in [5, 5.41) is 1.27. The lowest BCUT2D eigenvalue weighted by atomic mass is 9.98. The summed E-state index contributed by atoms with van der Waals surface area (Å²) in [5.74, 6) is 0. The van der Waals surface area contributed by atoms with Gasteiger partial charge >= 0.3 is 0 Å². The number of rotatable bonds is 7. The van der Waals surface area contributed by atoms with Gasteiger partial charge in [-0.3, -0.25) is 0 Å². The average Bonchev–Trinajstić information content (AvgIpc) is 2.33. The number of aryl methyl sites for hydroxylation is 1. The summed E-state index contributed by atoms with van der Waals surface area (Å²) in [4.78, 5) is 9.51. The zero-order valence-corrected chi connectivity index (χ0v) is 12.0. The van der Waals surface area contributed by atoms with E-state index in [0.29, 0.717) is 0 Å². The molecule has 90 valence electrons. The van der Waals surface area contributed by atoms with Crippen LogP contribution in [0.2, 0.25) is 0 Å². The quantitative estimate of drug-likeness (QED) is 0.719. The number of hydrogen-bond acceptors (Lipinski definition) is 1. The van der Waals surface area contributed by atoms with Crippen molar-refractivity contribution in [2.75, 3.05) is 0 Å². The van der Waals surface area contributed by atoms with E-state index >= 15 is 0 Å². The zero-order chi connectivity index (χ0) is 11.8. The largest absolute Gasteiger partial charge is 0.433 e. The average molecular weight is 236 g/mol. The Morgan fingerprint density at radius 2 is 1.75 bits per heavy atom. The first-order chi connectivity index (χ1) is 7.83. The van der Waals surface area contributed by atoms with Gasteiger partial charge in [0.15, 0.2) is 9.76 Å². The molecule has 0 spiro atoms. The Labute approximate surface area is 102 Å². The molecule has 0 aliphatic carbocycles. The van der Waals surface area contributed by atoms with Crippen LogP contribution in [0.15, 0.2) is 18.2 Å². The van der Waals surface area contributed by atoms with Crippen LogP contribution in [0.1, 0.15) is 50.7 Å². The lowest BCUT2D eigenvalue weighted by Gasteiger charge is -2.13. The van der Waals surface area contributed by atoms with Gasteiger partial charge in [-0.2, -0.15) is 0 Å². The van der Waals surface area contributed by atoms with Crippen LogP contribution in [0.3, 0.4) is 0 Å². The van der Waals surface area contributed by atoms with Gasteiger partial charge in [-0.25, -0.2) is 0 Å². The molecule has 0 radical (unpaired) electrons. The minimum atomic E-state index is -1.01. The molecule has 0 heterocycles. The van der Waals surface area contributed by atoms with Crippen LogP contribution in [0, 0.1) is 0 Å². The molecular formula is C14H24OSi. The molecule has 16 heavy (non-hydrogen) atoms. The van der Waals surface area contributed by atoms with Crippen molar-refractivity contribution in [3.8, 4) is 0 Å². The third kappa shape index (κ3) is 3.76. The summed E-state index contributed by atoms with van der Waals surface area (Å²) in [5.41, 5.74) is 2.95. The normalized spacial score (nSPS) is 11.4. The first-order valence-corrected chi connectivity index (χ1v) is 7.87. The van der Waals surface area contributed by atoms with Crippen molar-refractivity contribution < 1.29 is 4.80 Å². The Balaban J connectivity index is 2.86. The first-order valence-electron chi connectivity index (χ1n) is 6.54. The van der Waals surface area contributed by atoms with E-state index in [1.807, 2.05) is 0 Å². The molecule has 0 unspecified atom stereocenters. The maximum absolute atomic E-state index is 9.51. The minimum absolute atomic E-state index is 1.01. The maximum atomic E-state index is 9.51. The van der Waals surface area contributed by atoms with Crippen molar-refractivity contribution in [1.82, 2.24) is 0 Å². The molecule has 0 aliphatic heterocycles. The van der Waals surface area contributed by atoms with Crippen LogP contribution in [0.4, 0.5) is 0 Å². The fraction of sp³-hybridized carbons (Fsp3) is 0.571. The van der Waals surface area contributed by atoms with E-state index in [1.54, 1.807) is 0 Å². The highest BCUT2D eigenvalue weighted by molar-refractivity contribution is 6.46. The van der Waals surface area contributed by atoms with E-state index in [2.05, 4.69) is 32.0 Å². The summed E-state index contributed by atoms with van der Waals surface area (Å²) in [6.45, 7) is 4.46. The summed E-state index contributed by atoms with van der Waals surface area (Å²) >= 11 is 0. The van der Waals surface area contributed by atoms with Crippen LogP contribution < -0.4 is 5.19 Å². The number of hydrogen-bond donors (Lipinski definition) is 1. The highest BCUT2D eigenvalue weighted by atomic mass is 28.2. The second kappa shape index (κ2) is 7.63. The molecule has 1 rings (SSSR count). The molecule has 0 atom stereocenters. The molecule has 0 saturated heterocycles.